The normalized spacial score (nSPS) is 11.0. The van der Waals surface area contributed by atoms with Crippen LogP contribution in [0.4, 0.5) is 4.39 Å². The molecule has 3 aromatic carbocycles. The van der Waals surface area contributed by atoms with E-state index >= 15 is 4.39 Å². The van der Waals surface area contributed by atoms with Gasteiger partial charge in [-0.15, -0.1) is 0 Å². The van der Waals surface area contributed by atoms with Gasteiger partial charge in [-0.1, -0.05) is 36.4 Å². The predicted molar refractivity (Wildman–Crippen MR) is 123 cm³/mol. The molecule has 33 heavy (non-hydrogen) atoms. The fourth-order valence-corrected chi connectivity index (χ4v) is 3.93. The van der Waals surface area contributed by atoms with Crippen LogP contribution < -0.4 is 9.47 Å². The zero-order valence-corrected chi connectivity index (χ0v) is 18.0. The van der Waals surface area contributed by atoms with Crippen molar-refractivity contribution in [1.29, 1.82) is 5.26 Å². The lowest BCUT2D eigenvalue weighted by molar-refractivity contribution is 0.285. The molecule has 0 aliphatic rings. The van der Waals surface area contributed by atoms with Crippen molar-refractivity contribution in [3.05, 3.63) is 83.8 Å². The molecule has 0 spiro atoms. The molecular formula is C26H19FN4O2. The minimum Gasteiger partial charge on any atom is -0.493 e. The first-order valence-electron chi connectivity index (χ1n) is 10.3. The number of aromatic nitrogens is 3. The molecule has 2 heterocycles. The third kappa shape index (κ3) is 3.52. The minimum atomic E-state index is -0.598. The summed E-state index contributed by atoms with van der Waals surface area (Å²) >= 11 is 0. The summed E-state index contributed by atoms with van der Waals surface area (Å²) in [6.45, 7) is 0.366. The van der Waals surface area contributed by atoms with Gasteiger partial charge in [-0.05, 0) is 23.8 Å². The van der Waals surface area contributed by atoms with Gasteiger partial charge in [-0.2, -0.15) is 10.4 Å². The zero-order chi connectivity index (χ0) is 22.9. The Bertz CT molecular complexity index is 1540. The monoisotopic (exact) mass is 438 g/mol. The number of hydrogen-bond acceptors (Lipinski definition) is 5. The second-order valence-electron chi connectivity index (χ2n) is 7.56. The highest BCUT2D eigenvalue weighted by atomic mass is 19.1. The van der Waals surface area contributed by atoms with Gasteiger partial charge in [0.05, 0.1) is 29.9 Å². The summed E-state index contributed by atoms with van der Waals surface area (Å²) < 4.78 is 28.4. The Morgan fingerprint density at radius 2 is 1.88 bits per heavy atom. The summed E-state index contributed by atoms with van der Waals surface area (Å²) in [5.41, 5.74) is 3.09. The molecule has 5 aromatic rings. The third-order valence-corrected chi connectivity index (χ3v) is 5.58. The van der Waals surface area contributed by atoms with Crippen LogP contribution in [-0.2, 0) is 13.7 Å². The molecule has 0 aliphatic carbocycles. The van der Waals surface area contributed by atoms with Crippen LogP contribution in [0.1, 0.15) is 11.1 Å². The molecular weight excluding hydrogens is 419 g/mol. The van der Waals surface area contributed by atoms with Gasteiger partial charge in [-0.25, -0.2) is 4.39 Å². The molecule has 0 radical (unpaired) electrons. The molecule has 0 saturated carbocycles. The standard InChI is InChI=1S/C26H19FN4O2/c1-31-21-14-29-20-12-22(32-2)23(33-15-16-7-4-3-5-8-16)11-19(20)24(21)26(30-31)18-10-6-9-17(13-28)25(18)27/h3-12,14H,15H2,1-2H3. The summed E-state index contributed by atoms with van der Waals surface area (Å²) in [6, 6.07) is 20.1. The Morgan fingerprint density at radius 3 is 2.64 bits per heavy atom. The minimum absolute atomic E-state index is 0.0294. The van der Waals surface area contributed by atoms with Gasteiger partial charge in [-0.3, -0.25) is 9.67 Å². The molecule has 0 fully saturated rings. The fraction of sp³-hybridized carbons (Fsp3) is 0.115. The van der Waals surface area contributed by atoms with Crippen molar-refractivity contribution >= 4 is 21.8 Å². The lowest BCUT2D eigenvalue weighted by atomic mass is 10.0. The highest BCUT2D eigenvalue weighted by Crippen LogP contribution is 2.39. The van der Waals surface area contributed by atoms with Crippen LogP contribution in [0.5, 0.6) is 11.5 Å². The molecule has 0 amide bonds. The topological polar surface area (TPSA) is 73.0 Å². The molecule has 2 aromatic heterocycles. The smallest absolute Gasteiger partial charge is 0.162 e. The van der Waals surface area contributed by atoms with E-state index in [1.165, 1.54) is 6.07 Å². The molecule has 0 saturated heterocycles. The lowest BCUT2D eigenvalue weighted by Crippen LogP contribution is -1.98. The van der Waals surface area contributed by atoms with E-state index < -0.39 is 5.82 Å². The average Bonchev–Trinajstić information content (AvgIpc) is 3.19. The quantitative estimate of drug-likeness (QED) is 0.368. The maximum Gasteiger partial charge on any atom is 0.162 e. The van der Waals surface area contributed by atoms with Crippen molar-refractivity contribution in [2.24, 2.45) is 7.05 Å². The summed E-state index contributed by atoms with van der Waals surface area (Å²) in [5, 5.41) is 15.3. The highest BCUT2D eigenvalue weighted by Gasteiger charge is 2.20. The number of nitriles is 1. The van der Waals surface area contributed by atoms with Crippen LogP contribution in [-0.4, -0.2) is 21.9 Å². The second kappa shape index (κ2) is 8.24. The number of rotatable bonds is 5. The number of halogens is 1. The molecule has 5 rings (SSSR count). The van der Waals surface area contributed by atoms with Gasteiger partial charge in [0.15, 0.2) is 11.5 Å². The molecule has 0 unspecified atom stereocenters. The molecule has 0 bridgehead atoms. The largest absolute Gasteiger partial charge is 0.493 e. The van der Waals surface area contributed by atoms with E-state index in [2.05, 4.69) is 10.1 Å². The van der Waals surface area contributed by atoms with Gasteiger partial charge in [0.1, 0.15) is 24.2 Å². The Morgan fingerprint density at radius 1 is 1.06 bits per heavy atom. The van der Waals surface area contributed by atoms with E-state index in [0.717, 1.165) is 21.9 Å². The SMILES string of the molecule is COc1cc2ncc3c(c(-c4cccc(C#N)c4F)nn3C)c2cc1OCc1ccccc1. The maximum atomic E-state index is 15.1. The van der Waals surface area contributed by atoms with Crippen molar-refractivity contribution < 1.29 is 13.9 Å². The van der Waals surface area contributed by atoms with E-state index in [1.54, 1.807) is 43.2 Å². The second-order valence-corrected chi connectivity index (χ2v) is 7.56. The van der Waals surface area contributed by atoms with Gasteiger partial charge < -0.3 is 9.47 Å². The van der Waals surface area contributed by atoms with Crippen molar-refractivity contribution in [3.8, 4) is 28.8 Å². The van der Waals surface area contributed by atoms with Crippen LogP contribution in [0.25, 0.3) is 33.1 Å². The molecule has 7 heteroatoms. The van der Waals surface area contributed by atoms with E-state index in [0.29, 0.717) is 29.3 Å². The highest BCUT2D eigenvalue weighted by molar-refractivity contribution is 6.12. The summed E-state index contributed by atoms with van der Waals surface area (Å²) in [6.07, 6.45) is 1.70. The van der Waals surface area contributed by atoms with Gasteiger partial charge in [0, 0.05) is 29.4 Å². The Labute approximate surface area is 189 Å². The van der Waals surface area contributed by atoms with E-state index in [1.807, 2.05) is 42.5 Å². The van der Waals surface area contributed by atoms with E-state index in [9.17, 15) is 5.26 Å². The van der Waals surface area contributed by atoms with Crippen molar-refractivity contribution in [2.75, 3.05) is 7.11 Å². The van der Waals surface area contributed by atoms with Crippen LogP contribution in [0.15, 0.2) is 66.9 Å². The predicted octanol–water partition coefficient (Wildman–Crippen LogP) is 5.39. The van der Waals surface area contributed by atoms with Crippen LogP contribution in [0.3, 0.4) is 0 Å². The number of ether oxygens (including phenoxy) is 2. The van der Waals surface area contributed by atoms with Crippen molar-refractivity contribution in [1.82, 2.24) is 14.8 Å². The van der Waals surface area contributed by atoms with Crippen LogP contribution >= 0.6 is 0 Å². The summed E-state index contributed by atoms with van der Waals surface area (Å²) in [4.78, 5) is 4.56. The molecule has 162 valence electrons. The fourth-order valence-electron chi connectivity index (χ4n) is 3.93. The zero-order valence-electron chi connectivity index (χ0n) is 18.0. The Balaban J connectivity index is 1.72. The number of pyridine rings is 1. The van der Waals surface area contributed by atoms with E-state index in [-0.39, 0.29) is 11.1 Å². The average molecular weight is 438 g/mol. The van der Waals surface area contributed by atoms with Gasteiger partial charge in [0.2, 0.25) is 0 Å². The number of benzene rings is 3. The molecule has 0 atom stereocenters. The number of aryl methyl sites for hydroxylation is 1. The molecule has 0 N–H and O–H groups in total. The first-order valence-corrected chi connectivity index (χ1v) is 10.3. The van der Waals surface area contributed by atoms with Crippen LogP contribution in [0, 0.1) is 17.1 Å². The Kier molecular flexibility index (Phi) is 5.11. The number of nitrogens with zero attached hydrogens (tertiary/aromatic N) is 4. The Hall–Kier alpha value is -4.44. The number of fused-ring (bicyclic) bond motifs is 3. The summed E-state index contributed by atoms with van der Waals surface area (Å²) in [7, 11) is 3.36. The first-order chi connectivity index (χ1) is 16.1. The number of methoxy groups -OCH3 is 1. The first kappa shape index (κ1) is 20.5. The van der Waals surface area contributed by atoms with Crippen molar-refractivity contribution in [2.45, 2.75) is 6.61 Å². The maximum absolute atomic E-state index is 15.1. The summed E-state index contributed by atoms with van der Waals surface area (Å²) in [5.74, 6) is 0.497. The van der Waals surface area contributed by atoms with Crippen LogP contribution in [0.2, 0.25) is 0 Å². The van der Waals surface area contributed by atoms with Gasteiger partial charge in [0.25, 0.3) is 0 Å². The van der Waals surface area contributed by atoms with Crippen molar-refractivity contribution in [3.63, 3.8) is 0 Å². The van der Waals surface area contributed by atoms with Gasteiger partial charge >= 0.3 is 0 Å². The lowest BCUT2D eigenvalue weighted by Gasteiger charge is -2.13. The number of hydrogen-bond donors (Lipinski definition) is 0. The van der Waals surface area contributed by atoms with E-state index in [4.69, 9.17) is 9.47 Å². The molecule has 6 nitrogen and oxygen atoms in total. The molecule has 0 aliphatic heterocycles. The third-order valence-electron chi connectivity index (χ3n) is 5.58.